The van der Waals surface area contributed by atoms with Gasteiger partial charge in [-0.3, -0.25) is 9.79 Å². The maximum absolute atomic E-state index is 12.0. The molecule has 0 spiro atoms. The fraction of sp³-hybridized carbons (Fsp3) is 0.292. The van der Waals surface area contributed by atoms with E-state index in [1.54, 1.807) is 30.6 Å². The van der Waals surface area contributed by atoms with E-state index in [1.807, 2.05) is 31.2 Å². The number of fused-ring (bicyclic) bond motifs is 1. The normalized spacial score (nSPS) is 11.9. The standard InChI is InChI=1S/C17H17N3O2.C7H11F/c1-3-7-19-8-6-15-12(2)14(9-17(21)22)16-5-4-13(10-18)11-20(15)16;1-4-6(2)5-7(3)8/h3-5,7,11H,1,6,8-9H2,2H3,(H,21,22);4-5H,1-3H3/b;6-4+,7-5+. The second-order valence-corrected chi connectivity index (χ2v) is 6.71. The van der Waals surface area contributed by atoms with Crippen LogP contribution < -0.4 is 0 Å². The molecule has 0 unspecified atom stereocenters. The summed E-state index contributed by atoms with van der Waals surface area (Å²) in [6, 6.07) is 5.63. The Labute approximate surface area is 177 Å². The van der Waals surface area contributed by atoms with E-state index in [0.717, 1.165) is 27.9 Å². The van der Waals surface area contributed by atoms with Gasteiger partial charge < -0.3 is 9.51 Å². The Morgan fingerprint density at radius 1 is 1.40 bits per heavy atom. The lowest BCUT2D eigenvalue weighted by Crippen LogP contribution is -2.01. The average Bonchev–Trinajstić information content (AvgIpc) is 2.95. The van der Waals surface area contributed by atoms with Crippen LogP contribution in [0.2, 0.25) is 0 Å². The van der Waals surface area contributed by atoms with E-state index in [0.29, 0.717) is 18.5 Å². The fourth-order valence-corrected chi connectivity index (χ4v) is 2.98. The minimum atomic E-state index is -0.865. The monoisotopic (exact) mass is 409 g/mol. The Hall–Kier alpha value is -3.46. The summed E-state index contributed by atoms with van der Waals surface area (Å²) in [6.07, 6.45) is 9.02. The SMILES string of the molecule is C/C=C(C)/C=C(\C)F.C=CC=NCCc1c(C)c(CC(=O)O)c2ccc(C#N)cn12. The second kappa shape index (κ2) is 12.2. The summed E-state index contributed by atoms with van der Waals surface area (Å²) in [4.78, 5) is 15.3. The van der Waals surface area contributed by atoms with Gasteiger partial charge in [-0.25, -0.2) is 4.39 Å². The van der Waals surface area contributed by atoms with Crippen LogP contribution in [0.3, 0.4) is 0 Å². The van der Waals surface area contributed by atoms with Gasteiger partial charge in [0.1, 0.15) is 6.07 Å². The first-order valence-electron chi connectivity index (χ1n) is 9.57. The lowest BCUT2D eigenvalue weighted by Gasteiger charge is -2.03. The van der Waals surface area contributed by atoms with Gasteiger partial charge in [0.25, 0.3) is 0 Å². The number of hydrogen-bond acceptors (Lipinski definition) is 3. The molecule has 5 nitrogen and oxygen atoms in total. The maximum Gasteiger partial charge on any atom is 0.307 e. The van der Waals surface area contributed by atoms with Crippen molar-refractivity contribution in [2.24, 2.45) is 4.99 Å². The second-order valence-electron chi connectivity index (χ2n) is 6.71. The van der Waals surface area contributed by atoms with Crippen LogP contribution in [0.1, 0.15) is 43.2 Å². The Balaban J connectivity index is 0.000000479. The van der Waals surface area contributed by atoms with Crippen molar-refractivity contribution in [3.63, 3.8) is 0 Å². The van der Waals surface area contributed by atoms with Gasteiger partial charge in [0.15, 0.2) is 0 Å². The molecule has 2 heterocycles. The van der Waals surface area contributed by atoms with Crippen molar-refractivity contribution in [2.75, 3.05) is 6.54 Å². The number of aliphatic carboxylic acids is 1. The molecule has 2 aromatic rings. The first-order valence-corrected chi connectivity index (χ1v) is 9.57. The highest BCUT2D eigenvalue weighted by Gasteiger charge is 2.17. The summed E-state index contributed by atoms with van der Waals surface area (Å²) >= 11 is 0. The van der Waals surface area contributed by atoms with Gasteiger partial charge >= 0.3 is 5.97 Å². The predicted octanol–water partition coefficient (Wildman–Crippen LogP) is 5.37. The van der Waals surface area contributed by atoms with Crippen molar-refractivity contribution >= 4 is 17.7 Å². The number of nitrogens with zero attached hydrogens (tertiary/aromatic N) is 3. The number of allylic oxidation sites excluding steroid dienone is 5. The van der Waals surface area contributed by atoms with E-state index >= 15 is 0 Å². The molecular formula is C24H28FN3O2. The summed E-state index contributed by atoms with van der Waals surface area (Å²) < 4.78 is 13.9. The highest BCUT2D eigenvalue weighted by molar-refractivity contribution is 5.77. The topological polar surface area (TPSA) is 77.9 Å². The van der Waals surface area contributed by atoms with Crippen LogP contribution in [0.4, 0.5) is 4.39 Å². The number of nitriles is 1. The molecule has 0 saturated heterocycles. The molecule has 0 radical (unpaired) electrons. The number of rotatable bonds is 7. The molecule has 158 valence electrons. The predicted molar refractivity (Wildman–Crippen MR) is 120 cm³/mol. The number of aliphatic imine (C=N–C) groups is 1. The van der Waals surface area contributed by atoms with E-state index in [9.17, 15) is 9.18 Å². The van der Waals surface area contributed by atoms with Crippen molar-refractivity contribution in [1.29, 1.82) is 5.26 Å². The zero-order valence-electron chi connectivity index (χ0n) is 17.9. The van der Waals surface area contributed by atoms with Crippen LogP contribution in [0, 0.1) is 18.3 Å². The van der Waals surface area contributed by atoms with Gasteiger partial charge in [0.05, 0.1) is 17.8 Å². The molecule has 2 aromatic heterocycles. The van der Waals surface area contributed by atoms with E-state index < -0.39 is 5.97 Å². The number of carboxylic acid groups (broad SMARTS) is 1. The molecule has 2 rings (SSSR count). The molecular weight excluding hydrogens is 381 g/mol. The lowest BCUT2D eigenvalue weighted by atomic mass is 10.1. The molecule has 0 fully saturated rings. The van der Waals surface area contributed by atoms with E-state index in [1.165, 1.54) is 13.0 Å². The molecule has 0 aliphatic rings. The Bertz CT molecular complexity index is 1030. The minimum Gasteiger partial charge on any atom is -0.481 e. The molecule has 0 aromatic carbocycles. The summed E-state index contributed by atoms with van der Waals surface area (Å²) in [6.45, 7) is 11.3. The first-order chi connectivity index (χ1) is 14.2. The van der Waals surface area contributed by atoms with Gasteiger partial charge in [0, 0.05) is 36.6 Å². The number of pyridine rings is 1. The van der Waals surface area contributed by atoms with Gasteiger partial charge in [0.2, 0.25) is 0 Å². The maximum atomic E-state index is 12.0. The van der Waals surface area contributed by atoms with Gasteiger partial charge in [-0.15, -0.1) is 0 Å². The number of aromatic nitrogens is 1. The van der Waals surface area contributed by atoms with Gasteiger partial charge in [-0.2, -0.15) is 5.26 Å². The molecule has 6 heteroatoms. The van der Waals surface area contributed by atoms with E-state index in [-0.39, 0.29) is 12.2 Å². The van der Waals surface area contributed by atoms with Crippen molar-refractivity contribution in [2.45, 2.75) is 40.5 Å². The highest BCUT2D eigenvalue weighted by Crippen LogP contribution is 2.25. The van der Waals surface area contributed by atoms with Crippen molar-refractivity contribution in [3.8, 4) is 6.07 Å². The third-order valence-corrected chi connectivity index (χ3v) is 4.46. The van der Waals surface area contributed by atoms with Crippen LogP contribution in [-0.2, 0) is 17.6 Å². The molecule has 0 bridgehead atoms. The largest absolute Gasteiger partial charge is 0.481 e. The number of halogens is 1. The minimum absolute atomic E-state index is 0.0306. The van der Waals surface area contributed by atoms with E-state index in [2.05, 4.69) is 17.6 Å². The quantitative estimate of drug-likeness (QED) is 0.493. The van der Waals surface area contributed by atoms with Gasteiger partial charge in [-0.1, -0.05) is 24.3 Å². The Morgan fingerprint density at radius 2 is 2.10 bits per heavy atom. The summed E-state index contributed by atoms with van der Waals surface area (Å²) in [5, 5.41) is 18.2. The molecule has 0 aliphatic carbocycles. The number of carbonyl (C=O) groups is 1. The summed E-state index contributed by atoms with van der Waals surface area (Å²) in [7, 11) is 0. The first kappa shape index (κ1) is 24.6. The van der Waals surface area contributed by atoms with E-state index in [4.69, 9.17) is 10.4 Å². The zero-order valence-corrected chi connectivity index (χ0v) is 17.9. The summed E-state index contributed by atoms with van der Waals surface area (Å²) in [5.74, 6) is -1.00. The smallest absolute Gasteiger partial charge is 0.307 e. The van der Waals surface area contributed by atoms with Crippen molar-refractivity contribution in [1.82, 2.24) is 4.40 Å². The highest BCUT2D eigenvalue weighted by atomic mass is 19.1. The van der Waals surface area contributed by atoms with Crippen molar-refractivity contribution in [3.05, 3.63) is 76.9 Å². The molecule has 30 heavy (non-hydrogen) atoms. The zero-order chi connectivity index (χ0) is 22.7. The Kier molecular flexibility index (Phi) is 9.98. The molecule has 0 amide bonds. The molecule has 0 aliphatic heterocycles. The number of carboxylic acids is 1. The summed E-state index contributed by atoms with van der Waals surface area (Å²) in [5.41, 5.74) is 5.07. The molecule has 0 atom stereocenters. The van der Waals surface area contributed by atoms with Gasteiger partial charge in [-0.05, 0) is 57.0 Å². The number of hydrogen-bond donors (Lipinski definition) is 1. The fourth-order valence-electron chi connectivity index (χ4n) is 2.98. The molecule has 1 N–H and O–H groups in total. The average molecular weight is 410 g/mol. The van der Waals surface area contributed by atoms with Crippen molar-refractivity contribution < 1.29 is 14.3 Å². The molecule has 0 saturated carbocycles. The lowest BCUT2D eigenvalue weighted by molar-refractivity contribution is -0.136. The van der Waals surface area contributed by atoms with Crippen LogP contribution >= 0.6 is 0 Å². The van der Waals surface area contributed by atoms with Crippen LogP contribution in [-0.4, -0.2) is 28.2 Å². The third-order valence-electron chi connectivity index (χ3n) is 4.46. The van der Waals surface area contributed by atoms with Crippen LogP contribution in [0.25, 0.3) is 5.52 Å². The third kappa shape index (κ3) is 7.17. The Morgan fingerprint density at radius 3 is 2.60 bits per heavy atom. The van der Waals surface area contributed by atoms with Crippen LogP contribution in [0.5, 0.6) is 0 Å². The van der Waals surface area contributed by atoms with Crippen LogP contribution in [0.15, 0.2) is 59.5 Å².